The minimum atomic E-state index is -1.05. The minimum absolute atomic E-state index is 0.214. The highest BCUT2D eigenvalue weighted by Crippen LogP contribution is 2.15. The van der Waals surface area contributed by atoms with Crippen molar-refractivity contribution in [1.29, 1.82) is 0 Å². The molecule has 7 heteroatoms. The molecule has 0 rings (SSSR count). The van der Waals surface area contributed by atoms with Crippen molar-refractivity contribution in [2.45, 2.75) is 173 Å². The third-order valence-electron chi connectivity index (χ3n) is 7.36. The summed E-state index contributed by atoms with van der Waals surface area (Å²) in [6.07, 6.45) is 30.3. The molecule has 0 aliphatic rings. The number of hydrogen-bond donors (Lipinski definition) is 4. The van der Waals surface area contributed by atoms with E-state index in [9.17, 15) is 19.5 Å². The first-order valence-electron chi connectivity index (χ1n) is 16.0. The Morgan fingerprint density at radius 3 is 1.32 bits per heavy atom. The lowest BCUT2D eigenvalue weighted by molar-refractivity contribution is -0.142. The molecule has 0 bridgehead atoms. The Balaban J connectivity index is 3.37. The molecule has 3 amide bonds. The monoisotopic (exact) mass is 539 g/mol. The van der Waals surface area contributed by atoms with Gasteiger partial charge in [0.25, 0.3) is 0 Å². The molecule has 0 unspecified atom stereocenters. The number of carboxylic acid groups (broad SMARTS) is 1. The summed E-state index contributed by atoms with van der Waals surface area (Å²) in [5.41, 5.74) is 4.98. The molecule has 0 aliphatic carbocycles. The molecular formula is C31H61N3O4. The second-order valence-electron chi connectivity index (χ2n) is 11.1. The van der Waals surface area contributed by atoms with Gasteiger partial charge in [-0.25, -0.2) is 9.59 Å². The van der Waals surface area contributed by atoms with Gasteiger partial charge in [0.05, 0.1) is 0 Å². The Morgan fingerprint density at radius 2 is 0.974 bits per heavy atom. The van der Waals surface area contributed by atoms with Crippen molar-refractivity contribution in [2.24, 2.45) is 5.73 Å². The lowest BCUT2D eigenvalue weighted by Crippen LogP contribution is -2.41. The van der Waals surface area contributed by atoms with Crippen LogP contribution >= 0.6 is 0 Å². The van der Waals surface area contributed by atoms with Crippen LogP contribution in [0.4, 0.5) is 4.79 Å². The van der Waals surface area contributed by atoms with E-state index in [2.05, 4.69) is 17.6 Å². The Kier molecular flexibility index (Phi) is 26.9. The fourth-order valence-corrected chi connectivity index (χ4v) is 4.94. The van der Waals surface area contributed by atoms with Gasteiger partial charge >= 0.3 is 12.0 Å². The van der Waals surface area contributed by atoms with Crippen molar-refractivity contribution in [3.8, 4) is 0 Å². The summed E-state index contributed by atoms with van der Waals surface area (Å²) in [5.74, 6) is -1.26. The van der Waals surface area contributed by atoms with E-state index in [1.165, 1.54) is 122 Å². The summed E-state index contributed by atoms with van der Waals surface area (Å²) in [6.45, 7) is 2.58. The summed E-state index contributed by atoms with van der Waals surface area (Å²) >= 11 is 0. The Bertz CT molecular complexity index is 571. The molecule has 224 valence electrons. The van der Waals surface area contributed by atoms with Crippen molar-refractivity contribution >= 4 is 17.9 Å². The summed E-state index contributed by atoms with van der Waals surface area (Å²) in [6, 6.07) is -1.55. The molecule has 0 aromatic heterocycles. The standard InChI is InChI=1S/C31H61N3O4/c1-2-3-4-5-6-7-8-9-10-11-12-13-14-15-16-17-18-19-20-21-22-23-26-29(35)34-28(30(36)37)25-24-27-33-31(32)38/h28H,2-27H2,1H3,(H,34,35)(H,36,37)(H3,32,33,38)/t28-/m0/s1. The molecule has 0 saturated carbocycles. The predicted octanol–water partition coefficient (Wildman–Crippen LogP) is 8.00. The van der Waals surface area contributed by atoms with Gasteiger partial charge in [-0.05, 0) is 19.3 Å². The van der Waals surface area contributed by atoms with Gasteiger partial charge in [0.1, 0.15) is 6.04 Å². The number of amides is 3. The molecule has 1 atom stereocenters. The minimum Gasteiger partial charge on any atom is -0.480 e. The first kappa shape index (κ1) is 36.2. The molecule has 7 nitrogen and oxygen atoms in total. The Labute approximate surface area is 233 Å². The molecule has 0 aliphatic heterocycles. The number of urea groups is 1. The van der Waals surface area contributed by atoms with Crippen LogP contribution in [0.5, 0.6) is 0 Å². The van der Waals surface area contributed by atoms with E-state index in [0.717, 1.165) is 19.3 Å². The van der Waals surface area contributed by atoms with E-state index in [-0.39, 0.29) is 12.3 Å². The molecule has 0 aromatic rings. The molecule has 0 spiro atoms. The molecule has 0 saturated heterocycles. The van der Waals surface area contributed by atoms with Crippen molar-refractivity contribution in [3.63, 3.8) is 0 Å². The summed E-state index contributed by atoms with van der Waals surface area (Å²) < 4.78 is 0. The summed E-state index contributed by atoms with van der Waals surface area (Å²) in [7, 11) is 0. The maximum atomic E-state index is 12.0. The normalized spacial score (nSPS) is 11.8. The van der Waals surface area contributed by atoms with Crippen LogP contribution < -0.4 is 16.4 Å². The summed E-state index contributed by atoms with van der Waals surface area (Å²) in [5, 5.41) is 14.3. The topological polar surface area (TPSA) is 122 Å². The highest BCUT2D eigenvalue weighted by molar-refractivity contribution is 5.83. The average molecular weight is 540 g/mol. The molecule has 38 heavy (non-hydrogen) atoms. The van der Waals surface area contributed by atoms with Gasteiger partial charge < -0.3 is 21.5 Å². The maximum absolute atomic E-state index is 12.0. The predicted molar refractivity (Wildman–Crippen MR) is 158 cm³/mol. The first-order valence-corrected chi connectivity index (χ1v) is 16.0. The fourth-order valence-electron chi connectivity index (χ4n) is 4.94. The van der Waals surface area contributed by atoms with Gasteiger partial charge in [0.2, 0.25) is 5.91 Å². The third kappa shape index (κ3) is 27.3. The van der Waals surface area contributed by atoms with Crippen molar-refractivity contribution < 1.29 is 19.5 Å². The van der Waals surface area contributed by atoms with Gasteiger partial charge in [-0.1, -0.05) is 142 Å². The lowest BCUT2D eigenvalue weighted by atomic mass is 10.0. The lowest BCUT2D eigenvalue weighted by Gasteiger charge is -2.14. The highest BCUT2D eigenvalue weighted by Gasteiger charge is 2.19. The molecule has 5 N–H and O–H groups in total. The van der Waals surface area contributed by atoms with Gasteiger partial charge in [-0.15, -0.1) is 0 Å². The number of nitrogens with one attached hydrogen (secondary N) is 2. The zero-order valence-corrected chi connectivity index (χ0v) is 24.7. The number of rotatable bonds is 29. The van der Waals surface area contributed by atoms with Gasteiger partial charge in [0, 0.05) is 13.0 Å². The van der Waals surface area contributed by atoms with Crippen LogP contribution in [-0.2, 0) is 9.59 Å². The Morgan fingerprint density at radius 1 is 0.605 bits per heavy atom. The molecule has 0 aromatic carbocycles. The number of primary amides is 1. The van der Waals surface area contributed by atoms with Crippen LogP contribution in [0.2, 0.25) is 0 Å². The van der Waals surface area contributed by atoms with Crippen LogP contribution in [-0.4, -0.2) is 35.6 Å². The Hall–Kier alpha value is -1.79. The van der Waals surface area contributed by atoms with Crippen molar-refractivity contribution in [1.82, 2.24) is 10.6 Å². The van der Waals surface area contributed by atoms with E-state index in [1.807, 2.05) is 0 Å². The molecule has 0 radical (unpaired) electrons. The first-order chi connectivity index (χ1) is 18.5. The molecule has 0 heterocycles. The average Bonchev–Trinajstić information content (AvgIpc) is 2.88. The number of aliphatic carboxylic acids is 1. The zero-order valence-electron chi connectivity index (χ0n) is 24.7. The van der Waals surface area contributed by atoms with Gasteiger partial charge in [0.15, 0.2) is 0 Å². The van der Waals surface area contributed by atoms with Crippen molar-refractivity contribution in [2.75, 3.05) is 6.54 Å². The van der Waals surface area contributed by atoms with Gasteiger partial charge in [-0.2, -0.15) is 0 Å². The second kappa shape index (κ2) is 28.2. The van der Waals surface area contributed by atoms with Crippen LogP contribution in [0, 0.1) is 0 Å². The number of hydrogen-bond acceptors (Lipinski definition) is 3. The maximum Gasteiger partial charge on any atom is 0.326 e. The van der Waals surface area contributed by atoms with Crippen LogP contribution in [0.3, 0.4) is 0 Å². The smallest absolute Gasteiger partial charge is 0.326 e. The number of carbonyl (C=O) groups excluding carboxylic acids is 2. The van der Waals surface area contributed by atoms with E-state index in [0.29, 0.717) is 19.4 Å². The number of carbonyl (C=O) groups is 3. The number of carboxylic acids is 1. The quantitative estimate of drug-likeness (QED) is 0.0719. The van der Waals surface area contributed by atoms with Gasteiger partial charge in [-0.3, -0.25) is 4.79 Å². The van der Waals surface area contributed by atoms with Crippen LogP contribution in [0.15, 0.2) is 0 Å². The SMILES string of the molecule is CCCCCCCCCCCCCCCCCCCCCCCCC(=O)N[C@@H](CCCNC(N)=O)C(=O)O. The van der Waals surface area contributed by atoms with Crippen molar-refractivity contribution in [3.05, 3.63) is 0 Å². The molecular weight excluding hydrogens is 478 g/mol. The van der Waals surface area contributed by atoms with Crippen LogP contribution in [0.25, 0.3) is 0 Å². The highest BCUT2D eigenvalue weighted by atomic mass is 16.4. The zero-order chi connectivity index (χ0) is 28.1. The number of unbranched alkanes of at least 4 members (excludes halogenated alkanes) is 21. The third-order valence-corrected chi connectivity index (χ3v) is 7.36. The molecule has 0 fully saturated rings. The van der Waals surface area contributed by atoms with E-state index < -0.39 is 18.0 Å². The van der Waals surface area contributed by atoms with E-state index in [4.69, 9.17) is 5.73 Å². The van der Waals surface area contributed by atoms with E-state index >= 15 is 0 Å². The van der Waals surface area contributed by atoms with E-state index in [1.54, 1.807) is 0 Å². The summed E-state index contributed by atoms with van der Waals surface area (Å²) in [4.78, 5) is 34.0. The largest absolute Gasteiger partial charge is 0.480 e. The fraction of sp³-hybridized carbons (Fsp3) is 0.903. The number of nitrogens with two attached hydrogens (primary N) is 1. The van der Waals surface area contributed by atoms with Crippen LogP contribution in [0.1, 0.15) is 167 Å². The second-order valence-corrected chi connectivity index (χ2v) is 11.1.